The summed E-state index contributed by atoms with van der Waals surface area (Å²) in [6.07, 6.45) is 7.06. The molecule has 1 fully saturated rings. The molecule has 5 heteroatoms. The Morgan fingerprint density at radius 1 is 1.09 bits per heavy atom. The zero-order chi connectivity index (χ0) is 16.9. The molecule has 0 heterocycles. The third-order valence-corrected chi connectivity index (χ3v) is 6.16. The lowest BCUT2D eigenvalue weighted by atomic mass is 9.91. The van der Waals surface area contributed by atoms with Crippen molar-refractivity contribution >= 4 is 15.3 Å². The Bertz CT molecular complexity index is 414. The van der Waals surface area contributed by atoms with Gasteiger partial charge in [0, 0.05) is 14.2 Å². The molecule has 1 saturated carbocycles. The molecule has 0 spiro atoms. The fourth-order valence-corrected chi connectivity index (χ4v) is 4.37. The van der Waals surface area contributed by atoms with Crippen LogP contribution in [0.3, 0.4) is 0 Å². The number of rotatable bonds is 6. The van der Waals surface area contributed by atoms with Gasteiger partial charge in [-0.05, 0) is 31.0 Å². The standard InChI is InChI=1S/C9H20O2Si.C9H10O2/c1-10-12(11-2)8-9-6-4-3-5-7-9;1-2-11-9(10)8-6-4-3-5-7-8/h9,12H,3-8H2,1-2H3;3-7H,2H2,1H3. The molecule has 2 rings (SSSR count). The van der Waals surface area contributed by atoms with Crippen molar-refractivity contribution in [1.82, 2.24) is 0 Å². The van der Waals surface area contributed by atoms with Crippen LogP contribution in [0.4, 0.5) is 0 Å². The fraction of sp³-hybridized carbons (Fsp3) is 0.611. The third-order valence-electron chi connectivity index (χ3n) is 4.06. The van der Waals surface area contributed by atoms with Crippen LogP contribution in [0.1, 0.15) is 49.4 Å². The number of carbonyl (C=O) groups is 1. The largest absolute Gasteiger partial charge is 0.462 e. The van der Waals surface area contributed by atoms with Gasteiger partial charge < -0.3 is 13.6 Å². The first-order chi connectivity index (χ1) is 11.2. The first-order valence-corrected chi connectivity index (χ1v) is 10.2. The summed E-state index contributed by atoms with van der Waals surface area (Å²) in [6.45, 7) is 2.22. The Kier molecular flexibility index (Phi) is 10.6. The highest BCUT2D eigenvalue weighted by Gasteiger charge is 2.20. The van der Waals surface area contributed by atoms with Crippen molar-refractivity contribution in [3.63, 3.8) is 0 Å². The zero-order valence-electron chi connectivity index (χ0n) is 14.6. The predicted octanol–water partition coefficient (Wildman–Crippen LogP) is 3.94. The highest BCUT2D eigenvalue weighted by atomic mass is 28.3. The summed E-state index contributed by atoms with van der Waals surface area (Å²) in [6, 6.07) is 10.2. The molecular formula is C18H30O4Si. The van der Waals surface area contributed by atoms with Gasteiger partial charge in [-0.2, -0.15) is 0 Å². The van der Waals surface area contributed by atoms with E-state index >= 15 is 0 Å². The van der Waals surface area contributed by atoms with Crippen molar-refractivity contribution in [3.8, 4) is 0 Å². The van der Waals surface area contributed by atoms with Gasteiger partial charge in [0.25, 0.3) is 0 Å². The lowest BCUT2D eigenvalue weighted by molar-refractivity contribution is 0.0526. The van der Waals surface area contributed by atoms with Crippen molar-refractivity contribution in [3.05, 3.63) is 35.9 Å². The van der Waals surface area contributed by atoms with Crippen molar-refractivity contribution in [2.75, 3.05) is 20.8 Å². The molecule has 0 radical (unpaired) electrons. The van der Waals surface area contributed by atoms with Crippen LogP contribution in [0.15, 0.2) is 30.3 Å². The Balaban J connectivity index is 0.000000231. The lowest BCUT2D eigenvalue weighted by Gasteiger charge is -2.23. The summed E-state index contributed by atoms with van der Waals surface area (Å²) in [5, 5.41) is 0. The van der Waals surface area contributed by atoms with Crippen LogP contribution in [0, 0.1) is 5.92 Å². The second-order valence-electron chi connectivity index (χ2n) is 5.73. The van der Waals surface area contributed by atoms with Crippen LogP contribution in [-0.2, 0) is 13.6 Å². The van der Waals surface area contributed by atoms with Crippen LogP contribution >= 0.6 is 0 Å². The molecule has 0 atom stereocenters. The van der Waals surface area contributed by atoms with Crippen LogP contribution in [0.25, 0.3) is 0 Å². The molecule has 0 bridgehead atoms. The number of ether oxygens (including phenoxy) is 1. The van der Waals surface area contributed by atoms with E-state index in [0.29, 0.717) is 12.2 Å². The predicted molar refractivity (Wildman–Crippen MR) is 94.9 cm³/mol. The van der Waals surface area contributed by atoms with E-state index in [2.05, 4.69) is 0 Å². The molecule has 0 aliphatic heterocycles. The highest BCUT2D eigenvalue weighted by Crippen LogP contribution is 2.27. The summed E-state index contributed by atoms with van der Waals surface area (Å²) in [5.74, 6) is 0.642. The van der Waals surface area contributed by atoms with E-state index in [1.807, 2.05) is 18.2 Å². The van der Waals surface area contributed by atoms with Gasteiger partial charge in [-0.15, -0.1) is 0 Å². The topological polar surface area (TPSA) is 44.8 Å². The maximum Gasteiger partial charge on any atom is 0.338 e. The smallest absolute Gasteiger partial charge is 0.338 e. The summed E-state index contributed by atoms with van der Waals surface area (Å²) in [4.78, 5) is 11.0. The maximum absolute atomic E-state index is 11.0. The highest BCUT2D eigenvalue weighted by molar-refractivity contribution is 6.44. The number of carbonyl (C=O) groups excluding carboxylic acids is 1. The Hall–Kier alpha value is -1.17. The van der Waals surface area contributed by atoms with Gasteiger partial charge in [-0.1, -0.05) is 50.3 Å². The first kappa shape index (κ1) is 19.9. The molecular weight excluding hydrogens is 308 g/mol. The molecule has 130 valence electrons. The van der Waals surface area contributed by atoms with Crippen LogP contribution in [0.2, 0.25) is 6.04 Å². The second kappa shape index (κ2) is 12.3. The van der Waals surface area contributed by atoms with E-state index in [-0.39, 0.29) is 5.97 Å². The molecule has 0 unspecified atom stereocenters. The van der Waals surface area contributed by atoms with Crippen LogP contribution in [0.5, 0.6) is 0 Å². The van der Waals surface area contributed by atoms with E-state index in [4.69, 9.17) is 13.6 Å². The molecule has 0 saturated heterocycles. The molecule has 0 N–H and O–H groups in total. The van der Waals surface area contributed by atoms with Crippen LogP contribution in [-0.4, -0.2) is 36.1 Å². The molecule has 1 aliphatic carbocycles. The third kappa shape index (κ3) is 8.30. The molecule has 1 aliphatic rings. The van der Waals surface area contributed by atoms with Gasteiger partial charge in [-0.3, -0.25) is 0 Å². The van der Waals surface area contributed by atoms with E-state index in [9.17, 15) is 4.79 Å². The maximum atomic E-state index is 11.0. The van der Waals surface area contributed by atoms with Gasteiger partial charge in [0.05, 0.1) is 12.2 Å². The van der Waals surface area contributed by atoms with E-state index in [1.165, 1.54) is 38.1 Å². The summed E-state index contributed by atoms with van der Waals surface area (Å²) < 4.78 is 15.4. The van der Waals surface area contributed by atoms with E-state index in [0.717, 1.165) is 5.92 Å². The fourth-order valence-electron chi connectivity index (χ4n) is 2.77. The molecule has 0 amide bonds. The minimum Gasteiger partial charge on any atom is -0.462 e. The van der Waals surface area contributed by atoms with Crippen LogP contribution < -0.4 is 0 Å². The summed E-state index contributed by atoms with van der Waals surface area (Å²) in [5.41, 5.74) is 0.606. The summed E-state index contributed by atoms with van der Waals surface area (Å²) >= 11 is 0. The molecule has 1 aromatic rings. The number of esters is 1. The molecule has 0 aromatic heterocycles. The SMILES string of the molecule is CCOC(=O)c1ccccc1.CO[SiH](CC1CCCCC1)OC. The van der Waals surface area contributed by atoms with Gasteiger partial charge >= 0.3 is 15.3 Å². The summed E-state index contributed by atoms with van der Waals surface area (Å²) in [7, 11) is 2.30. The molecule has 23 heavy (non-hydrogen) atoms. The van der Waals surface area contributed by atoms with E-state index < -0.39 is 9.28 Å². The monoisotopic (exact) mass is 338 g/mol. The normalized spacial score (nSPS) is 15.0. The zero-order valence-corrected chi connectivity index (χ0v) is 15.8. The van der Waals surface area contributed by atoms with Crippen molar-refractivity contribution in [1.29, 1.82) is 0 Å². The van der Waals surface area contributed by atoms with Gasteiger partial charge in [0.2, 0.25) is 0 Å². The van der Waals surface area contributed by atoms with E-state index in [1.54, 1.807) is 33.3 Å². The Labute approximate surface area is 142 Å². The van der Waals surface area contributed by atoms with Crippen molar-refractivity contribution < 1.29 is 18.4 Å². The minimum absolute atomic E-state index is 0.256. The first-order valence-electron chi connectivity index (χ1n) is 8.49. The van der Waals surface area contributed by atoms with Gasteiger partial charge in [0.15, 0.2) is 0 Å². The van der Waals surface area contributed by atoms with Crippen molar-refractivity contribution in [2.24, 2.45) is 5.92 Å². The number of benzene rings is 1. The average Bonchev–Trinajstić information content (AvgIpc) is 2.62. The molecule has 1 aromatic carbocycles. The Morgan fingerprint density at radius 2 is 1.70 bits per heavy atom. The quantitative estimate of drug-likeness (QED) is 0.582. The minimum atomic E-state index is -1.27. The van der Waals surface area contributed by atoms with Gasteiger partial charge in [0.1, 0.15) is 0 Å². The Morgan fingerprint density at radius 3 is 2.22 bits per heavy atom. The number of hydrogen-bond donors (Lipinski definition) is 0. The van der Waals surface area contributed by atoms with Gasteiger partial charge in [-0.25, -0.2) is 4.79 Å². The van der Waals surface area contributed by atoms with Crippen molar-refractivity contribution in [2.45, 2.75) is 45.1 Å². The molecule has 4 nitrogen and oxygen atoms in total. The second-order valence-corrected chi connectivity index (χ2v) is 8.00. The number of hydrogen-bond acceptors (Lipinski definition) is 4. The lowest BCUT2D eigenvalue weighted by Crippen LogP contribution is -2.23. The average molecular weight is 339 g/mol.